The topological polar surface area (TPSA) is 71.1 Å². The van der Waals surface area contributed by atoms with Gasteiger partial charge in [0.15, 0.2) is 0 Å². The maximum atomic E-state index is 11.6. The van der Waals surface area contributed by atoms with Gasteiger partial charge in [0.25, 0.3) is 0 Å². The van der Waals surface area contributed by atoms with E-state index in [4.69, 9.17) is 11.6 Å². The van der Waals surface area contributed by atoms with Gasteiger partial charge in [-0.25, -0.2) is 4.98 Å². The normalized spacial score (nSPS) is 10.0. The number of aromatic nitrogens is 1. The molecule has 1 aromatic rings. The van der Waals surface area contributed by atoms with Crippen molar-refractivity contribution >= 4 is 29.2 Å². The summed E-state index contributed by atoms with van der Waals surface area (Å²) in [7, 11) is 0. The van der Waals surface area contributed by atoms with Crippen LogP contribution in [0.15, 0.2) is 18.3 Å². The van der Waals surface area contributed by atoms with Crippen molar-refractivity contribution in [1.29, 1.82) is 0 Å². The van der Waals surface area contributed by atoms with Crippen LogP contribution >= 0.6 is 11.6 Å². The number of pyridine rings is 1. The number of rotatable bonds is 7. The van der Waals surface area contributed by atoms with Crippen molar-refractivity contribution in [3.8, 4) is 0 Å². The molecule has 1 aromatic heterocycles. The third kappa shape index (κ3) is 7.41. The fraction of sp³-hybridized carbons (Fsp3) is 0.462. The van der Waals surface area contributed by atoms with Crippen LogP contribution in [0, 0.1) is 0 Å². The average molecular weight is 284 g/mol. The van der Waals surface area contributed by atoms with Gasteiger partial charge in [-0.05, 0) is 25.0 Å². The number of carbonyl (C=O) groups excluding carboxylic acids is 2. The van der Waals surface area contributed by atoms with Crippen molar-refractivity contribution < 1.29 is 9.59 Å². The standard InChI is InChI=1S/C13H18ClN3O2/c1-10(18)15-8-4-2-3-5-13(19)17-12-7-6-11(14)9-16-12/h6-7,9H,2-5,8H2,1H3,(H,15,18)(H,16,17,19). The fourth-order valence-electron chi connectivity index (χ4n) is 1.51. The minimum atomic E-state index is -0.0608. The maximum Gasteiger partial charge on any atom is 0.225 e. The van der Waals surface area contributed by atoms with Crippen molar-refractivity contribution in [2.45, 2.75) is 32.6 Å². The largest absolute Gasteiger partial charge is 0.356 e. The lowest BCUT2D eigenvalue weighted by Gasteiger charge is -2.04. The number of hydrogen-bond donors (Lipinski definition) is 2. The van der Waals surface area contributed by atoms with Gasteiger partial charge < -0.3 is 10.6 Å². The molecule has 19 heavy (non-hydrogen) atoms. The van der Waals surface area contributed by atoms with E-state index in [2.05, 4.69) is 15.6 Å². The lowest BCUT2D eigenvalue weighted by atomic mass is 10.2. The Morgan fingerprint density at radius 1 is 1.26 bits per heavy atom. The molecule has 0 saturated heterocycles. The van der Waals surface area contributed by atoms with E-state index >= 15 is 0 Å². The molecule has 0 fully saturated rings. The van der Waals surface area contributed by atoms with Gasteiger partial charge in [0, 0.05) is 26.1 Å². The lowest BCUT2D eigenvalue weighted by Crippen LogP contribution is -2.20. The van der Waals surface area contributed by atoms with Gasteiger partial charge >= 0.3 is 0 Å². The van der Waals surface area contributed by atoms with Crippen molar-refractivity contribution in [2.24, 2.45) is 0 Å². The molecule has 1 rings (SSSR count). The zero-order valence-electron chi connectivity index (χ0n) is 10.9. The number of unbranched alkanes of at least 4 members (excludes halogenated alkanes) is 2. The highest BCUT2D eigenvalue weighted by atomic mass is 35.5. The Balaban J connectivity index is 2.11. The summed E-state index contributed by atoms with van der Waals surface area (Å²) in [6.07, 6.45) is 4.52. The molecule has 0 spiro atoms. The Hall–Kier alpha value is -1.62. The van der Waals surface area contributed by atoms with E-state index < -0.39 is 0 Å². The van der Waals surface area contributed by atoms with Crippen LogP contribution in [-0.2, 0) is 9.59 Å². The van der Waals surface area contributed by atoms with Crippen molar-refractivity contribution in [3.05, 3.63) is 23.4 Å². The summed E-state index contributed by atoms with van der Waals surface area (Å²) in [4.78, 5) is 26.2. The lowest BCUT2D eigenvalue weighted by molar-refractivity contribution is -0.119. The minimum absolute atomic E-state index is 0.0217. The van der Waals surface area contributed by atoms with Gasteiger partial charge in [-0.2, -0.15) is 0 Å². The quantitative estimate of drug-likeness (QED) is 0.755. The van der Waals surface area contributed by atoms with Crippen LogP contribution in [0.1, 0.15) is 32.6 Å². The number of hydrogen-bond acceptors (Lipinski definition) is 3. The molecule has 0 aliphatic carbocycles. The third-order valence-electron chi connectivity index (χ3n) is 2.45. The Kier molecular flexibility index (Phi) is 6.89. The SMILES string of the molecule is CC(=O)NCCCCCC(=O)Nc1ccc(Cl)cn1. The minimum Gasteiger partial charge on any atom is -0.356 e. The van der Waals surface area contributed by atoms with E-state index in [1.54, 1.807) is 12.1 Å². The van der Waals surface area contributed by atoms with E-state index in [0.717, 1.165) is 19.3 Å². The van der Waals surface area contributed by atoms with Crippen LogP contribution < -0.4 is 10.6 Å². The molecule has 2 amide bonds. The summed E-state index contributed by atoms with van der Waals surface area (Å²) in [5.41, 5.74) is 0. The smallest absolute Gasteiger partial charge is 0.225 e. The van der Waals surface area contributed by atoms with E-state index in [0.29, 0.717) is 23.8 Å². The first-order valence-electron chi connectivity index (χ1n) is 6.24. The zero-order valence-corrected chi connectivity index (χ0v) is 11.7. The zero-order chi connectivity index (χ0) is 14.1. The van der Waals surface area contributed by atoms with E-state index in [-0.39, 0.29) is 11.8 Å². The molecule has 1 heterocycles. The molecule has 0 aliphatic rings. The molecule has 0 aliphatic heterocycles. The first-order chi connectivity index (χ1) is 9.08. The average Bonchev–Trinajstić information content (AvgIpc) is 2.36. The summed E-state index contributed by atoms with van der Waals surface area (Å²) in [6, 6.07) is 3.34. The molecular weight excluding hydrogens is 266 g/mol. The van der Waals surface area contributed by atoms with Gasteiger partial charge in [0.1, 0.15) is 5.82 Å². The van der Waals surface area contributed by atoms with Gasteiger partial charge in [0.05, 0.1) is 5.02 Å². The van der Waals surface area contributed by atoms with Crippen LogP contribution in [0.2, 0.25) is 5.02 Å². The second-order valence-corrected chi connectivity index (χ2v) is 4.64. The molecule has 104 valence electrons. The second kappa shape index (κ2) is 8.48. The molecular formula is C13H18ClN3O2. The van der Waals surface area contributed by atoms with Crippen LogP contribution in [0.5, 0.6) is 0 Å². The molecule has 0 aromatic carbocycles. The summed E-state index contributed by atoms with van der Waals surface area (Å²) in [5.74, 6) is 0.425. The molecule has 0 radical (unpaired) electrons. The van der Waals surface area contributed by atoms with Crippen LogP contribution in [0.4, 0.5) is 5.82 Å². The Bertz CT molecular complexity index is 420. The summed E-state index contributed by atoms with van der Waals surface area (Å²) >= 11 is 5.70. The summed E-state index contributed by atoms with van der Waals surface area (Å²) < 4.78 is 0. The van der Waals surface area contributed by atoms with Gasteiger partial charge in [-0.1, -0.05) is 18.0 Å². The summed E-state index contributed by atoms with van der Waals surface area (Å²) in [6.45, 7) is 2.16. The van der Waals surface area contributed by atoms with Crippen LogP contribution in [0.3, 0.4) is 0 Å². The van der Waals surface area contributed by atoms with E-state index in [1.807, 2.05) is 0 Å². The van der Waals surface area contributed by atoms with Crippen molar-refractivity contribution in [2.75, 3.05) is 11.9 Å². The van der Waals surface area contributed by atoms with E-state index in [9.17, 15) is 9.59 Å². The highest BCUT2D eigenvalue weighted by Crippen LogP contribution is 2.10. The monoisotopic (exact) mass is 283 g/mol. The fourth-order valence-corrected chi connectivity index (χ4v) is 1.62. The molecule has 2 N–H and O–H groups in total. The summed E-state index contributed by atoms with van der Waals surface area (Å²) in [5, 5.41) is 5.95. The van der Waals surface area contributed by atoms with Crippen LogP contribution in [0.25, 0.3) is 0 Å². The number of nitrogens with zero attached hydrogens (tertiary/aromatic N) is 1. The van der Waals surface area contributed by atoms with Gasteiger partial charge in [-0.15, -0.1) is 0 Å². The first kappa shape index (κ1) is 15.4. The number of carbonyl (C=O) groups is 2. The Labute approximate surface area is 117 Å². The van der Waals surface area contributed by atoms with E-state index in [1.165, 1.54) is 13.1 Å². The number of amides is 2. The van der Waals surface area contributed by atoms with Crippen LogP contribution in [-0.4, -0.2) is 23.3 Å². The Morgan fingerprint density at radius 2 is 2.05 bits per heavy atom. The second-order valence-electron chi connectivity index (χ2n) is 4.20. The molecule has 0 atom stereocenters. The predicted octanol–water partition coefficient (Wildman–Crippen LogP) is 2.37. The molecule has 0 saturated carbocycles. The molecule has 0 unspecified atom stereocenters. The highest BCUT2D eigenvalue weighted by Gasteiger charge is 2.03. The first-order valence-corrected chi connectivity index (χ1v) is 6.61. The van der Waals surface area contributed by atoms with Crippen molar-refractivity contribution in [3.63, 3.8) is 0 Å². The number of halogens is 1. The van der Waals surface area contributed by atoms with Gasteiger partial charge in [-0.3, -0.25) is 9.59 Å². The molecule has 0 bridgehead atoms. The highest BCUT2D eigenvalue weighted by molar-refractivity contribution is 6.30. The number of anilines is 1. The number of nitrogens with one attached hydrogen (secondary N) is 2. The van der Waals surface area contributed by atoms with Gasteiger partial charge in [0.2, 0.25) is 11.8 Å². The molecule has 5 nitrogen and oxygen atoms in total. The molecule has 6 heteroatoms. The maximum absolute atomic E-state index is 11.6. The third-order valence-corrected chi connectivity index (χ3v) is 2.67. The predicted molar refractivity (Wildman–Crippen MR) is 75.0 cm³/mol. The van der Waals surface area contributed by atoms with Crippen molar-refractivity contribution in [1.82, 2.24) is 10.3 Å². The Morgan fingerprint density at radius 3 is 2.68 bits per heavy atom.